The number of amides is 2. The zero-order valence-electron chi connectivity index (χ0n) is 23.7. The molecule has 0 bridgehead atoms. The Morgan fingerprint density at radius 2 is 1.82 bits per heavy atom. The molecule has 4 heterocycles. The van der Waals surface area contributed by atoms with Crippen molar-refractivity contribution in [2.45, 2.75) is 31.5 Å². The summed E-state index contributed by atoms with van der Waals surface area (Å²) in [5, 5.41) is 15.7. The van der Waals surface area contributed by atoms with Crippen LogP contribution in [0, 0.1) is 5.92 Å². The number of aromatic nitrogens is 5. The second-order valence-electron chi connectivity index (χ2n) is 10.6. The van der Waals surface area contributed by atoms with Crippen molar-refractivity contribution in [3.63, 3.8) is 0 Å². The molecule has 45 heavy (non-hydrogen) atoms. The molecule has 1 aliphatic heterocycles. The molecule has 2 atom stereocenters. The second kappa shape index (κ2) is 13.1. The first kappa shape index (κ1) is 31.7. The lowest BCUT2D eigenvalue weighted by atomic mass is 10.1. The Hall–Kier alpha value is -4.70. The minimum atomic E-state index is -4.62. The average molecular weight is 648 g/mol. The number of nitrogens with zero attached hydrogens (tertiary/aromatic N) is 6. The molecule has 0 unspecified atom stereocenters. The number of imidazole rings is 1. The molecule has 238 valence electrons. The smallest absolute Gasteiger partial charge is 0.433 e. The number of H-pyrrole nitrogens is 1. The van der Waals surface area contributed by atoms with Gasteiger partial charge >= 0.3 is 6.18 Å². The van der Waals surface area contributed by atoms with Crippen LogP contribution in [0.3, 0.4) is 0 Å². The minimum Gasteiger partial charge on any atom is -0.483 e. The molecular formula is C28H29ClF3N9O4. The molecular weight excluding hydrogens is 619 g/mol. The summed E-state index contributed by atoms with van der Waals surface area (Å²) < 4.78 is 41.7. The number of rotatable bonds is 5. The number of hydrogen-bond donors (Lipinski definition) is 4. The van der Waals surface area contributed by atoms with E-state index in [0.717, 1.165) is 19.0 Å². The number of carbonyl (C=O) groups excluding carboxylic acids is 2. The lowest BCUT2D eigenvalue weighted by molar-refractivity contribution is -0.140. The molecule has 2 fully saturated rings. The number of nitrogens with two attached hydrogens (primary N) is 1. The number of hydrogen-bond acceptors (Lipinski definition) is 8. The van der Waals surface area contributed by atoms with E-state index in [1.54, 1.807) is 23.1 Å². The first-order chi connectivity index (χ1) is 21.5. The van der Waals surface area contributed by atoms with Crippen LogP contribution in [0.15, 0.2) is 43.0 Å². The van der Waals surface area contributed by atoms with E-state index in [-0.39, 0.29) is 58.0 Å². The van der Waals surface area contributed by atoms with Crippen LogP contribution < -0.4 is 11.1 Å². The third-order valence-corrected chi connectivity index (χ3v) is 8.10. The first-order valence-electron chi connectivity index (χ1n) is 13.9. The highest BCUT2D eigenvalue weighted by atomic mass is 35.5. The second-order valence-corrected chi connectivity index (χ2v) is 11.0. The molecule has 2 aliphatic rings. The number of anilines is 2. The number of piperazine rings is 1. The zero-order valence-corrected chi connectivity index (χ0v) is 24.4. The third-order valence-electron chi connectivity index (χ3n) is 7.79. The van der Waals surface area contributed by atoms with Crippen molar-refractivity contribution >= 4 is 47.0 Å². The number of nitrogens with one attached hydrogen (secondary N) is 2. The fourth-order valence-corrected chi connectivity index (χ4v) is 5.87. The summed E-state index contributed by atoms with van der Waals surface area (Å²) in [6.07, 6.45) is 3.11. The number of carbonyl (C=O) groups is 3. The summed E-state index contributed by atoms with van der Waals surface area (Å²) in [6, 6.07) is 4.92. The molecule has 1 saturated heterocycles. The third kappa shape index (κ3) is 6.71. The molecule has 1 aliphatic carbocycles. The van der Waals surface area contributed by atoms with Gasteiger partial charge in [-0.15, -0.1) is 0 Å². The van der Waals surface area contributed by atoms with Crippen molar-refractivity contribution in [1.82, 2.24) is 34.4 Å². The Balaban J connectivity index is 0.00000128. The summed E-state index contributed by atoms with van der Waals surface area (Å²) in [5.74, 6) is 0.121. The highest BCUT2D eigenvalue weighted by Gasteiger charge is 2.37. The molecule has 1 saturated carbocycles. The Bertz CT molecular complexity index is 1700. The van der Waals surface area contributed by atoms with E-state index in [9.17, 15) is 22.8 Å². The fourth-order valence-electron chi connectivity index (χ4n) is 5.61. The van der Waals surface area contributed by atoms with Gasteiger partial charge < -0.3 is 26.0 Å². The fraction of sp³-hybridized carbons (Fsp3) is 0.357. The van der Waals surface area contributed by atoms with E-state index in [2.05, 4.69) is 20.4 Å². The number of fused-ring (bicyclic) bond motifs is 1. The van der Waals surface area contributed by atoms with Gasteiger partial charge in [-0.3, -0.25) is 23.9 Å². The van der Waals surface area contributed by atoms with E-state index in [1.165, 1.54) is 23.0 Å². The molecule has 6 rings (SSSR count). The van der Waals surface area contributed by atoms with Crippen LogP contribution in [0.2, 0.25) is 5.02 Å². The van der Waals surface area contributed by atoms with Crippen LogP contribution in [0.25, 0.3) is 16.9 Å². The topological polar surface area (TPSA) is 175 Å². The molecule has 2 amide bonds. The van der Waals surface area contributed by atoms with E-state index < -0.39 is 11.9 Å². The quantitative estimate of drug-likeness (QED) is 0.236. The molecule has 0 spiro atoms. The molecule has 5 N–H and O–H groups in total. The average Bonchev–Trinajstić information content (AvgIpc) is 3.77. The number of carboxylic acid groups (broad SMARTS) is 1. The van der Waals surface area contributed by atoms with Gasteiger partial charge in [0.05, 0.1) is 34.2 Å². The first-order valence-corrected chi connectivity index (χ1v) is 14.3. The molecule has 4 aromatic rings. The number of benzene rings is 1. The molecule has 1 aromatic carbocycles. The van der Waals surface area contributed by atoms with Crippen molar-refractivity contribution in [3.8, 4) is 11.3 Å². The van der Waals surface area contributed by atoms with Crippen molar-refractivity contribution in [2.24, 2.45) is 11.7 Å². The van der Waals surface area contributed by atoms with E-state index in [1.807, 2.05) is 10.00 Å². The predicted octanol–water partition coefficient (Wildman–Crippen LogP) is 3.65. The van der Waals surface area contributed by atoms with Gasteiger partial charge in [0.2, 0.25) is 5.91 Å². The van der Waals surface area contributed by atoms with Crippen LogP contribution in [-0.2, 0) is 15.8 Å². The summed E-state index contributed by atoms with van der Waals surface area (Å²) in [5.41, 5.74) is 6.13. The summed E-state index contributed by atoms with van der Waals surface area (Å²) in [6.45, 7) is 1.47. The van der Waals surface area contributed by atoms with Gasteiger partial charge in [0.1, 0.15) is 5.69 Å². The standard InChI is InChI=1S/C27H27ClF3N9O2.CH2O2/c28-20-12-17(3-4-18(20)26(42)39-9-7-38(8-10-39)25(41)15-1-2-16(32)11-15)36-23-24-34-14-21(40(24)6-5-33-23)19-13-35-37-22(19)27(29,30)31;2-1-3/h3-6,12-16H,1-2,7-11,32H2,(H,33,36)(H,35,37);1H,(H,2,3)/t15-,16+;/m1./s1. The number of aromatic amines is 1. The van der Waals surface area contributed by atoms with Crippen LogP contribution in [0.1, 0.15) is 35.3 Å². The van der Waals surface area contributed by atoms with Gasteiger partial charge in [0.25, 0.3) is 12.4 Å². The highest BCUT2D eigenvalue weighted by molar-refractivity contribution is 6.34. The Kier molecular flexibility index (Phi) is 9.24. The van der Waals surface area contributed by atoms with Crippen molar-refractivity contribution in [3.05, 3.63) is 59.3 Å². The lowest BCUT2D eigenvalue weighted by Crippen LogP contribution is -2.51. The van der Waals surface area contributed by atoms with Crippen molar-refractivity contribution in [2.75, 3.05) is 31.5 Å². The largest absolute Gasteiger partial charge is 0.483 e. The van der Waals surface area contributed by atoms with Gasteiger partial charge in [-0.2, -0.15) is 18.3 Å². The maximum atomic E-state index is 13.4. The van der Waals surface area contributed by atoms with Crippen molar-refractivity contribution in [1.29, 1.82) is 0 Å². The van der Waals surface area contributed by atoms with Gasteiger partial charge in [0.15, 0.2) is 11.5 Å². The number of halogens is 4. The van der Waals surface area contributed by atoms with Gasteiger partial charge in [-0.25, -0.2) is 9.97 Å². The lowest BCUT2D eigenvalue weighted by Gasteiger charge is -2.36. The predicted molar refractivity (Wildman–Crippen MR) is 157 cm³/mol. The van der Waals surface area contributed by atoms with E-state index in [4.69, 9.17) is 27.2 Å². The van der Waals surface area contributed by atoms with Crippen LogP contribution in [-0.4, -0.2) is 90.0 Å². The van der Waals surface area contributed by atoms with Crippen LogP contribution in [0.4, 0.5) is 24.7 Å². The Morgan fingerprint density at radius 1 is 1.11 bits per heavy atom. The summed E-state index contributed by atoms with van der Waals surface area (Å²) >= 11 is 6.52. The molecule has 0 radical (unpaired) electrons. The Labute approximate surface area is 259 Å². The molecule has 3 aromatic heterocycles. The van der Waals surface area contributed by atoms with Gasteiger partial charge in [-0.05, 0) is 37.5 Å². The molecule has 13 nitrogen and oxygen atoms in total. The van der Waals surface area contributed by atoms with E-state index in [0.29, 0.717) is 43.9 Å². The summed E-state index contributed by atoms with van der Waals surface area (Å²) in [7, 11) is 0. The van der Waals surface area contributed by atoms with E-state index >= 15 is 0 Å². The van der Waals surface area contributed by atoms with Crippen LogP contribution >= 0.6 is 11.6 Å². The minimum absolute atomic E-state index is 0.0337. The monoisotopic (exact) mass is 647 g/mol. The normalized spacial score (nSPS) is 18.4. The van der Waals surface area contributed by atoms with Crippen LogP contribution in [0.5, 0.6) is 0 Å². The highest BCUT2D eigenvalue weighted by Crippen LogP contribution is 2.36. The van der Waals surface area contributed by atoms with Gasteiger partial charge in [-0.1, -0.05) is 11.6 Å². The van der Waals surface area contributed by atoms with Crippen molar-refractivity contribution < 1.29 is 32.7 Å². The summed E-state index contributed by atoms with van der Waals surface area (Å²) in [4.78, 5) is 46.5. The SMILES string of the molecule is N[C@H]1CC[C@@H](C(=O)N2CCN(C(=O)c3ccc(Nc4nccn5c(-c6cn[nH]c6C(F)(F)F)cnc45)cc3Cl)CC2)C1.O=CO. The zero-order chi connectivity index (χ0) is 32.3. The maximum absolute atomic E-state index is 13.4. The Morgan fingerprint density at radius 3 is 2.47 bits per heavy atom. The maximum Gasteiger partial charge on any atom is 0.433 e. The number of alkyl halides is 3. The van der Waals surface area contributed by atoms with Gasteiger partial charge in [0, 0.05) is 56.2 Å². The molecule has 17 heteroatoms.